The lowest BCUT2D eigenvalue weighted by molar-refractivity contribution is -0.137. The first-order valence-electron chi connectivity index (χ1n) is 9.53. The molecule has 1 aliphatic rings. The number of methoxy groups -OCH3 is 1. The van der Waals surface area contributed by atoms with E-state index in [0.29, 0.717) is 18.8 Å². The van der Waals surface area contributed by atoms with E-state index in [9.17, 15) is 26.4 Å². The van der Waals surface area contributed by atoms with Crippen LogP contribution in [0.3, 0.4) is 0 Å². The molecule has 1 aliphatic heterocycles. The number of nitrogens with one attached hydrogen (secondary N) is 1. The first-order chi connectivity index (χ1) is 15.1. The minimum atomic E-state index is -4.46. The third-order valence-corrected chi connectivity index (χ3v) is 6.60. The van der Waals surface area contributed by atoms with E-state index in [1.807, 2.05) is 0 Å². The van der Waals surface area contributed by atoms with Gasteiger partial charge in [-0.1, -0.05) is 6.07 Å². The number of rotatable bonds is 6. The molecule has 0 saturated carbocycles. The number of carbonyl (C=O) groups excluding carboxylic acids is 1. The van der Waals surface area contributed by atoms with Gasteiger partial charge in [0, 0.05) is 24.9 Å². The van der Waals surface area contributed by atoms with E-state index in [2.05, 4.69) is 5.32 Å². The minimum Gasteiger partial charge on any atom is -0.495 e. The van der Waals surface area contributed by atoms with Crippen LogP contribution in [0.1, 0.15) is 11.1 Å². The number of hydrogen-bond acceptors (Lipinski definition) is 5. The molecule has 1 amide bonds. The highest BCUT2D eigenvalue weighted by Gasteiger charge is 2.30. The third-order valence-electron chi connectivity index (χ3n) is 4.68. The number of amides is 1. The number of hydrogen-bond donors (Lipinski definition) is 1. The van der Waals surface area contributed by atoms with Crippen LogP contribution in [0, 0.1) is 0 Å². The van der Waals surface area contributed by atoms with Crippen molar-refractivity contribution in [3.05, 3.63) is 59.7 Å². The number of morpholine rings is 1. The number of halogens is 3. The average molecular weight is 470 g/mol. The van der Waals surface area contributed by atoms with Crippen LogP contribution in [-0.2, 0) is 25.7 Å². The largest absolute Gasteiger partial charge is 0.495 e. The molecule has 0 bridgehead atoms. The topological polar surface area (TPSA) is 84.9 Å². The highest BCUT2D eigenvalue weighted by atomic mass is 32.2. The monoisotopic (exact) mass is 470 g/mol. The van der Waals surface area contributed by atoms with Gasteiger partial charge >= 0.3 is 6.18 Å². The molecule has 0 atom stereocenters. The van der Waals surface area contributed by atoms with Crippen molar-refractivity contribution < 1.29 is 35.9 Å². The SMILES string of the molecule is COc1ccc(C=CC(=O)Nc2ccc(C(F)(F)F)cc2)cc1S(=O)(=O)N1CCOCC1. The molecule has 32 heavy (non-hydrogen) atoms. The fraction of sp³-hybridized carbons (Fsp3) is 0.286. The summed E-state index contributed by atoms with van der Waals surface area (Å²) in [4.78, 5) is 12.1. The van der Waals surface area contributed by atoms with Crippen molar-refractivity contribution in [1.82, 2.24) is 4.31 Å². The lowest BCUT2D eigenvalue weighted by Crippen LogP contribution is -2.40. The van der Waals surface area contributed by atoms with Crippen LogP contribution in [0.5, 0.6) is 5.75 Å². The summed E-state index contributed by atoms with van der Waals surface area (Å²) in [5.41, 5.74) is -0.198. The van der Waals surface area contributed by atoms with Crippen LogP contribution in [0.4, 0.5) is 18.9 Å². The second kappa shape index (κ2) is 9.72. The number of anilines is 1. The molecule has 0 spiro atoms. The predicted octanol–water partition coefficient (Wildman–Crippen LogP) is 3.39. The van der Waals surface area contributed by atoms with Gasteiger partial charge in [-0.05, 0) is 48.0 Å². The van der Waals surface area contributed by atoms with Crippen molar-refractivity contribution in [2.75, 3.05) is 38.7 Å². The van der Waals surface area contributed by atoms with Crippen molar-refractivity contribution in [3.63, 3.8) is 0 Å². The molecule has 2 aromatic carbocycles. The van der Waals surface area contributed by atoms with E-state index in [1.54, 1.807) is 6.07 Å². The molecule has 7 nitrogen and oxygen atoms in total. The lowest BCUT2D eigenvalue weighted by atomic mass is 10.2. The quantitative estimate of drug-likeness (QED) is 0.655. The smallest absolute Gasteiger partial charge is 0.416 e. The number of nitrogens with zero attached hydrogens (tertiary/aromatic N) is 1. The summed E-state index contributed by atoms with van der Waals surface area (Å²) in [6.45, 7) is 1.04. The number of sulfonamides is 1. The van der Waals surface area contributed by atoms with Gasteiger partial charge in [-0.15, -0.1) is 0 Å². The Morgan fingerprint density at radius 1 is 1.12 bits per heavy atom. The Morgan fingerprint density at radius 2 is 1.78 bits per heavy atom. The van der Waals surface area contributed by atoms with Crippen LogP contribution < -0.4 is 10.1 Å². The third kappa shape index (κ3) is 5.67. The molecular formula is C21H21F3N2O5S. The molecule has 2 aromatic rings. The second-order valence-electron chi connectivity index (χ2n) is 6.82. The maximum absolute atomic E-state index is 13.0. The Kier molecular flexibility index (Phi) is 7.22. The van der Waals surface area contributed by atoms with E-state index in [4.69, 9.17) is 9.47 Å². The van der Waals surface area contributed by atoms with Crippen molar-refractivity contribution >= 4 is 27.7 Å². The van der Waals surface area contributed by atoms with E-state index in [0.717, 1.165) is 30.3 Å². The van der Waals surface area contributed by atoms with Crippen LogP contribution in [-0.4, -0.2) is 52.0 Å². The fourth-order valence-corrected chi connectivity index (χ4v) is 4.62. The summed E-state index contributed by atoms with van der Waals surface area (Å²) in [6.07, 6.45) is -1.90. The van der Waals surface area contributed by atoms with Crippen molar-refractivity contribution in [3.8, 4) is 5.75 Å². The second-order valence-corrected chi connectivity index (χ2v) is 8.73. The van der Waals surface area contributed by atoms with Crippen LogP contribution in [0.15, 0.2) is 53.4 Å². The summed E-state index contributed by atoms with van der Waals surface area (Å²) >= 11 is 0. The molecule has 11 heteroatoms. The summed E-state index contributed by atoms with van der Waals surface area (Å²) < 4.78 is 75.6. The Morgan fingerprint density at radius 3 is 2.38 bits per heavy atom. The van der Waals surface area contributed by atoms with Gasteiger partial charge in [-0.25, -0.2) is 8.42 Å². The molecule has 0 radical (unpaired) electrons. The normalized spacial score (nSPS) is 15.6. The average Bonchev–Trinajstić information content (AvgIpc) is 2.78. The number of ether oxygens (including phenoxy) is 2. The fourth-order valence-electron chi connectivity index (χ4n) is 3.02. The molecular weight excluding hydrogens is 449 g/mol. The molecule has 3 rings (SSSR count). The van der Waals surface area contributed by atoms with E-state index >= 15 is 0 Å². The summed E-state index contributed by atoms with van der Waals surface area (Å²) in [5, 5.41) is 2.45. The Hall–Kier alpha value is -2.89. The number of benzene rings is 2. The summed E-state index contributed by atoms with van der Waals surface area (Å²) in [7, 11) is -2.47. The van der Waals surface area contributed by atoms with Crippen LogP contribution >= 0.6 is 0 Å². The van der Waals surface area contributed by atoms with Crippen molar-refractivity contribution in [2.24, 2.45) is 0 Å². The molecule has 1 fully saturated rings. The Labute approximate surface area is 183 Å². The van der Waals surface area contributed by atoms with Crippen LogP contribution in [0.2, 0.25) is 0 Å². The lowest BCUT2D eigenvalue weighted by Gasteiger charge is -2.26. The van der Waals surface area contributed by atoms with E-state index in [-0.39, 0.29) is 29.4 Å². The Balaban J connectivity index is 1.75. The van der Waals surface area contributed by atoms with Crippen LogP contribution in [0.25, 0.3) is 6.08 Å². The zero-order valence-corrected chi connectivity index (χ0v) is 17.9. The standard InChI is InChI=1S/C21H21F3N2O5S/c1-30-18-8-2-15(14-19(18)32(28,29)26-10-12-31-13-11-26)3-9-20(27)25-17-6-4-16(5-7-17)21(22,23)24/h2-9,14H,10-13H2,1H3,(H,25,27). The Bertz CT molecular complexity index is 1090. The molecule has 0 aliphatic carbocycles. The van der Waals surface area contributed by atoms with Crippen molar-refractivity contribution in [2.45, 2.75) is 11.1 Å². The van der Waals surface area contributed by atoms with Gasteiger partial charge in [0.1, 0.15) is 10.6 Å². The van der Waals surface area contributed by atoms with Crippen molar-refractivity contribution in [1.29, 1.82) is 0 Å². The number of carbonyl (C=O) groups is 1. The maximum atomic E-state index is 13.0. The van der Waals surface area contributed by atoms with Gasteiger partial charge in [0.15, 0.2) is 0 Å². The molecule has 172 valence electrons. The van der Waals surface area contributed by atoms with Gasteiger partial charge in [-0.3, -0.25) is 4.79 Å². The highest BCUT2D eigenvalue weighted by Crippen LogP contribution is 2.30. The molecule has 1 heterocycles. The van der Waals surface area contributed by atoms with Gasteiger partial charge in [-0.2, -0.15) is 17.5 Å². The first-order valence-corrected chi connectivity index (χ1v) is 11.0. The zero-order valence-electron chi connectivity index (χ0n) is 17.1. The first kappa shape index (κ1) is 23.8. The van der Waals surface area contributed by atoms with Gasteiger partial charge < -0.3 is 14.8 Å². The van der Waals surface area contributed by atoms with Gasteiger partial charge in [0.05, 0.1) is 25.9 Å². The summed E-state index contributed by atoms with van der Waals surface area (Å²) in [6, 6.07) is 8.49. The molecule has 0 unspecified atom stereocenters. The van der Waals surface area contributed by atoms with Gasteiger partial charge in [0.2, 0.25) is 15.9 Å². The predicted molar refractivity (Wildman–Crippen MR) is 112 cm³/mol. The van der Waals surface area contributed by atoms with E-state index < -0.39 is 27.7 Å². The zero-order chi connectivity index (χ0) is 23.4. The highest BCUT2D eigenvalue weighted by molar-refractivity contribution is 7.89. The summed E-state index contributed by atoms with van der Waals surface area (Å²) in [5.74, 6) is -0.416. The molecule has 0 aromatic heterocycles. The van der Waals surface area contributed by atoms with E-state index in [1.165, 1.54) is 29.6 Å². The maximum Gasteiger partial charge on any atom is 0.416 e. The molecule has 1 N–H and O–H groups in total. The number of alkyl halides is 3. The van der Waals surface area contributed by atoms with Gasteiger partial charge in [0.25, 0.3) is 0 Å². The minimum absolute atomic E-state index is 0.0350. The molecule has 1 saturated heterocycles.